The molecule has 12 heteroatoms. The number of anilines is 1. The minimum atomic E-state index is -4.73. The summed E-state index contributed by atoms with van der Waals surface area (Å²) in [6, 6.07) is 11.5. The van der Waals surface area contributed by atoms with Crippen molar-refractivity contribution in [2.75, 3.05) is 37.6 Å². The molecule has 2 aliphatic heterocycles. The molecule has 1 N–H and O–H groups in total. The van der Waals surface area contributed by atoms with Crippen LogP contribution in [0.5, 0.6) is 5.75 Å². The number of nitrogens with one attached hydrogen (secondary N) is 1. The van der Waals surface area contributed by atoms with Crippen molar-refractivity contribution in [1.82, 2.24) is 15.2 Å². The monoisotopic (exact) mass is 570 g/mol. The molecule has 0 spiro atoms. The fourth-order valence-electron chi connectivity index (χ4n) is 5.15. The number of piperidine rings is 1. The first-order valence-corrected chi connectivity index (χ1v) is 13.6. The van der Waals surface area contributed by atoms with Crippen molar-refractivity contribution < 1.29 is 31.1 Å². The molecule has 39 heavy (non-hydrogen) atoms. The predicted octanol–water partition coefficient (Wildman–Crippen LogP) is 6.59. The number of halogens is 6. The summed E-state index contributed by atoms with van der Waals surface area (Å²) in [4.78, 5) is 8.97. The van der Waals surface area contributed by atoms with Crippen LogP contribution in [0, 0.1) is 0 Å². The second kappa shape index (κ2) is 11.3. The van der Waals surface area contributed by atoms with E-state index in [9.17, 15) is 26.3 Å². The molecule has 3 aromatic rings. The highest BCUT2D eigenvalue weighted by Crippen LogP contribution is 2.35. The molecule has 0 amide bonds. The highest BCUT2D eigenvalue weighted by molar-refractivity contribution is 7.09. The summed E-state index contributed by atoms with van der Waals surface area (Å²) in [5.41, 5.74) is 1.26. The van der Waals surface area contributed by atoms with E-state index in [4.69, 9.17) is 4.98 Å². The minimum absolute atomic E-state index is 0.0940. The average Bonchev–Trinajstić information content (AvgIpc) is 3.40. The molecular weight excluding hydrogens is 542 g/mol. The van der Waals surface area contributed by atoms with E-state index in [1.54, 1.807) is 29.5 Å². The molecule has 2 aliphatic rings. The van der Waals surface area contributed by atoms with Gasteiger partial charge in [0.25, 0.3) is 0 Å². The van der Waals surface area contributed by atoms with E-state index < -0.39 is 18.1 Å². The van der Waals surface area contributed by atoms with Crippen LogP contribution in [0.2, 0.25) is 0 Å². The highest BCUT2D eigenvalue weighted by Gasteiger charge is 2.33. The van der Waals surface area contributed by atoms with Crippen molar-refractivity contribution in [1.29, 1.82) is 0 Å². The van der Waals surface area contributed by atoms with E-state index in [2.05, 4.69) is 15.0 Å². The van der Waals surface area contributed by atoms with Gasteiger partial charge < -0.3 is 15.0 Å². The van der Waals surface area contributed by atoms with Gasteiger partial charge in [-0.2, -0.15) is 13.2 Å². The van der Waals surface area contributed by atoms with Crippen LogP contribution in [0.1, 0.15) is 46.6 Å². The van der Waals surface area contributed by atoms with Gasteiger partial charge in [-0.1, -0.05) is 24.3 Å². The molecule has 0 bridgehead atoms. The molecule has 0 radical (unpaired) electrons. The van der Waals surface area contributed by atoms with Crippen molar-refractivity contribution >= 4 is 17.0 Å². The topological polar surface area (TPSA) is 40.6 Å². The number of likely N-dealkylation sites (tertiary alicyclic amines) is 1. The number of nitrogens with zero attached hydrogens (tertiary/aromatic N) is 3. The van der Waals surface area contributed by atoms with Gasteiger partial charge in [-0.3, -0.25) is 4.90 Å². The van der Waals surface area contributed by atoms with Crippen LogP contribution in [0.15, 0.2) is 53.9 Å². The Morgan fingerprint density at radius 1 is 0.974 bits per heavy atom. The molecule has 210 valence electrons. The van der Waals surface area contributed by atoms with Crippen LogP contribution in [0.25, 0.3) is 0 Å². The molecule has 1 unspecified atom stereocenters. The minimum Gasteiger partial charge on any atom is -0.405 e. The number of hydrogen-bond donors (Lipinski definition) is 1. The van der Waals surface area contributed by atoms with E-state index in [0.717, 1.165) is 42.7 Å². The summed E-state index contributed by atoms with van der Waals surface area (Å²) in [5, 5.41) is 6.46. The first-order chi connectivity index (χ1) is 18.5. The van der Waals surface area contributed by atoms with Crippen LogP contribution in [0.3, 0.4) is 0 Å². The fraction of sp³-hybridized carbons (Fsp3) is 0.444. The zero-order valence-corrected chi connectivity index (χ0v) is 21.8. The Morgan fingerprint density at radius 3 is 2.49 bits per heavy atom. The second-order valence-corrected chi connectivity index (χ2v) is 10.7. The number of aromatic nitrogens is 1. The summed E-state index contributed by atoms with van der Waals surface area (Å²) in [7, 11) is 0. The molecule has 0 saturated carbocycles. The van der Waals surface area contributed by atoms with Crippen LogP contribution < -0.4 is 15.0 Å². The molecular formula is C27H28F6N4OS. The van der Waals surface area contributed by atoms with Gasteiger partial charge in [-0.05, 0) is 50.2 Å². The molecule has 3 heterocycles. The van der Waals surface area contributed by atoms with Gasteiger partial charge in [0.2, 0.25) is 0 Å². The number of benzene rings is 2. The first kappa shape index (κ1) is 27.7. The standard InChI is InChI=1S/C27H28F6N4OS/c28-26(29,30)20-5-3-6-21(14-20)37-13-10-34-22(16-37)23-17-39-25(35-23)18-8-11-36(12-9-18)15-19-4-1-2-7-24(19)38-27(31,32)33/h1-7,14,17-18,22,34H,8-13,15-16H2. The molecule has 5 nitrogen and oxygen atoms in total. The summed E-state index contributed by atoms with van der Waals surface area (Å²) in [5.74, 6) is 0.0840. The van der Waals surface area contributed by atoms with Crippen LogP contribution >= 0.6 is 11.3 Å². The number of ether oxygens (including phenoxy) is 1. The van der Waals surface area contributed by atoms with Crippen molar-refractivity contribution in [3.8, 4) is 5.75 Å². The van der Waals surface area contributed by atoms with E-state index >= 15 is 0 Å². The Morgan fingerprint density at radius 2 is 1.74 bits per heavy atom. The maximum atomic E-state index is 13.2. The first-order valence-electron chi connectivity index (χ1n) is 12.7. The molecule has 2 saturated heterocycles. The van der Waals surface area contributed by atoms with Gasteiger partial charge in [0.1, 0.15) is 5.75 Å². The zero-order valence-electron chi connectivity index (χ0n) is 20.9. The van der Waals surface area contributed by atoms with E-state index in [-0.39, 0.29) is 17.7 Å². The Bertz CT molecular complexity index is 1260. The maximum Gasteiger partial charge on any atom is 0.573 e. The highest BCUT2D eigenvalue weighted by atomic mass is 32.1. The van der Waals surface area contributed by atoms with Gasteiger partial charge >= 0.3 is 12.5 Å². The van der Waals surface area contributed by atoms with Crippen molar-refractivity contribution in [3.63, 3.8) is 0 Å². The van der Waals surface area contributed by atoms with Gasteiger partial charge in [0.05, 0.1) is 22.3 Å². The van der Waals surface area contributed by atoms with E-state index in [1.165, 1.54) is 24.3 Å². The third-order valence-corrected chi connectivity index (χ3v) is 8.17. The van der Waals surface area contributed by atoms with Gasteiger partial charge in [0.15, 0.2) is 0 Å². The number of para-hydroxylation sites is 1. The summed E-state index contributed by atoms with van der Waals surface area (Å²) < 4.78 is 82.0. The van der Waals surface area contributed by atoms with Crippen molar-refractivity contribution in [2.24, 2.45) is 0 Å². The number of alkyl halides is 6. The number of thiazole rings is 1. The molecule has 2 fully saturated rings. The Kier molecular flexibility index (Phi) is 8.06. The van der Waals surface area contributed by atoms with E-state index in [0.29, 0.717) is 37.4 Å². The summed E-state index contributed by atoms with van der Waals surface area (Å²) in [6.07, 6.45) is -7.44. The average molecular weight is 571 g/mol. The summed E-state index contributed by atoms with van der Waals surface area (Å²) in [6.45, 7) is 3.58. The number of rotatable bonds is 6. The Hall–Kier alpha value is -2.83. The smallest absolute Gasteiger partial charge is 0.405 e. The molecule has 1 aromatic heterocycles. The van der Waals surface area contributed by atoms with Crippen molar-refractivity contribution in [2.45, 2.75) is 43.9 Å². The largest absolute Gasteiger partial charge is 0.573 e. The normalized spacial score (nSPS) is 19.8. The van der Waals surface area contributed by atoms with Crippen molar-refractivity contribution in [3.05, 3.63) is 75.7 Å². The molecule has 0 aliphatic carbocycles. The summed E-state index contributed by atoms with van der Waals surface area (Å²) >= 11 is 1.58. The fourth-order valence-corrected chi connectivity index (χ4v) is 6.19. The quantitative estimate of drug-likeness (QED) is 0.339. The lowest BCUT2D eigenvalue weighted by Crippen LogP contribution is -2.46. The van der Waals surface area contributed by atoms with Gasteiger partial charge in [0, 0.05) is 48.7 Å². The van der Waals surface area contributed by atoms with Crippen LogP contribution in [-0.2, 0) is 12.7 Å². The van der Waals surface area contributed by atoms with Gasteiger partial charge in [-0.15, -0.1) is 24.5 Å². The lowest BCUT2D eigenvalue weighted by Gasteiger charge is -2.35. The Labute approximate surface area is 226 Å². The third kappa shape index (κ3) is 7.03. The maximum absolute atomic E-state index is 13.2. The zero-order chi connectivity index (χ0) is 27.6. The van der Waals surface area contributed by atoms with Gasteiger partial charge in [-0.25, -0.2) is 4.98 Å². The van der Waals surface area contributed by atoms with E-state index in [1.807, 2.05) is 10.3 Å². The lowest BCUT2D eigenvalue weighted by atomic mass is 9.97. The number of hydrogen-bond acceptors (Lipinski definition) is 6. The molecule has 5 rings (SSSR count). The predicted molar refractivity (Wildman–Crippen MR) is 137 cm³/mol. The molecule has 1 atom stereocenters. The second-order valence-electron chi connectivity index (χ2n) is 9.82. The Balaban J connectivity index is 1.18. The van der Waals surface area contributed by atoms with Crippen LogP contribution in [-0.4, -0.2) is 49.0 Å². The third-order valence-electron chi connectivity index (χ3n) is 7.14. The van der Waals surface area contributed by atoms with Crippen LogP contribution in [0.4, 0.5) is 32.0 Å². The number of piperazine rings is 1. The SMILES string of the molecule is FC(F)(F)Oc1ccccc1CN1CCC(c2nc(C3CN(c4cccc(C(F)(F)F)c4)CCN3)cs2)CC1. The lowest BCUT2D eigenvalue weighted by molar-refractivity contribution is -0.275. The molecule has 2 aromatic carbocycles.